The van der Waals surface area contributed by atoms with Gasteiger partial charge in [-0.1, -0.05) is 30.3 Å². The number of amides is 2. The van der Waals surface area contributed by atoms with Crippen LogP contribution in [0.25, 0.3) is 11.1 Å². The highest BCUT2D eigenvalue weighted by atomic mass is 16.5. The van der Waals surface area contributed by atoms with E-state index >= 15 is 0 Å². The molecule has 0 aromatic heterocycles. The molecule has 2 aromatic carbocycles. The van der Waals surface area contributed by atoms with Crippen LogP contribution in [0, 0.1) is 0 Å². The minimum Gasteiger partial charge on any atom is -0.465 e. The maximum Gasteiger partial charge on any atom is 0.338 e. The van der Waals surface area contributed by atoms with Gasteiger partial charge in [0.15, 0.2) is 0 Å². The minimum atomic E-state index is -0.417. The molecule has 140 valence electrons. The van der Waals surface area contributed by atoms with Gasteiger partial charge in [-0.2, -0.15) is 0 Å². The fourth-order valence-corrected chi connectivity index (χ4v) is 3.38. The number of hydrogen-bond donors (Lipinski definition) is 1. The van der Waals surface area contributed by atoms with Gasteiger partial charge in [0.05, 0.1) is 12.7 Å². The fourth-order valence-electron chi connectivity index (χ4n) is 3.38. The van der Waals surface area contributed by atoms with Crippen molar-refractivity contribution >= 4 is 17.8 Å². The topological polar surface area (TPSA) is 75.7 Å². The first-order chi connectivity index (χ1) is 13.0. The monoisotopic (exact) mass is 366 g/mol. The summed E-state index contributed by atoms with van der Waals surface area (Å²) >= 11 is 0. The molecular weight excluding hydrogens is 344 g/mol. The lowest BCUT2D eigenvalue weighted by atomic mass is 9.98. The lowest BCUT2D eigenvalue weighted by Gasteiger charge is -2.17. The van der Waals surface area contributed by atoms with Gasteiger partial charge < -0.3 is 15.0 Å². The Kier molecular flexibility index (Phi) is 5.54. The standard InChI is InChI=1S/C21H22N2O4/c1-14(24)22-17-10-11-23(13-17)20(25)16-7-5-6-15(12-16)18-8-3-4-9-19(18)21(26)27-2/h3-9,12,17H,10-11,13H2,1-2H3,(H,22,24)/t17-/m0/s1. The van der Waals surface area contributed by atoms with Crippen molar-refractivity contribution in [3.63, 3.8) is 0 Å². The van der Waals surface area contributed by atoms with Crippen molar-refractivity contribution in [3.05, 3.63) is 59.7 Å². The van der Waals surface area contributed by atoms with Crippen LogP contribution in [-0.4, -0.2) is 48.9 Å². The van der Waals surface area contributed by atoms with E-state index in [2.05, 4.69) is 5.32 Å². The maximum atomic E-state index is 12.9. The zero-order chi connectivity index (χ0) is 19.4. The molecule has 0 radical (unpaired) electrons. The van der Waals surface area contributed by atoms with E-state index in [0.29, 0.717) is 24.2 Å². The number of nitrogens with zero attached hydrogens (tertiary/aromatic N) is 1. The molecule has 0 spiro atoms. The number of methoxy groups -OCH3 is 1. The van der Waals surface area contributed by atoms with E-state index in [1.54, 1.807) is 35.2 Å². The number of benzene rings is 2. The number of likely N-dealkylation sites (tertiary alicyclic amines) is 1. The molecule has 2 amide bonds. The number of esters is 1. The predicted molar refractivity (Wildman–Crippen MR) is 101 cm³/mol. The van der Waals surface area contributed by atoms with Gasteiger partial charge in [-0.3, -0.25) is 9.59 Å². The van der Waals surface area contributed by atoms with Gasteiger partial charge in [-0.05, 0) is 35.7 Å². The van der Waals surface area contributed by atoms with Gasteiger partial charge in [0.2, 0.25) is 5.91 Å². The summed E-state index contributed by atoms with van der Waals surface area (Å²) in [5, 5.41) is 2.86. The summed E-state index contributed by atoms with van der Waals surface area (Å²) in [6.07, 6.45) is 0.746. The van der Waals surface area contributed by atoms with E-state index in [9.17, 15) is 14.4 Å². The van der Waals surface area contributed by atoms with E-state index in [-0.39, 0.29) is 17.9 Å². The molecular formula is C21H22N2O4. The molecule has 3 rings (SSSR count). The highest BCUT2D eigenvalue weighted by molar-refractivity contribution is 5.99. The maximum absolute atomic E-state index is 12.9. The smallest absolute Gasteiger partial charge is 0.338 e. The third kappa shape index (κ3) is 4.16. The molecule has 27 heavy (non-hydrogen) atoms. The zero-order valence-corrected chi connectivity index (χ0v) is 15.4. The van der Waals surface area contributed by atoms with Crippen molar-refractivity contribution in [1.29, 1.82) is 0 Å². The molecule has 1 N–H and O–H groups in total. The average Bonchev–Trinajstić information content (AvgIpc) is 3.14. The number of nitrogens with one attached hydrogen (secondary N) is 1. The molecule has 0 unspecified atom stereocenters. The molecule has 1 saturated heterocycles. The van der Waals surface area contributed by atoms with Crippen LogP contribution in [0.4, 0.5) is 0 Å². The summed E-state index contributed by atoms with van der Waals surface area (Å²) in [5.74, 6) is -0.587. The van der Waals surface area contributed by atoms with Gasteiger partial charge >= 0.3 is 5.97 Å². The molecule has 2 aromatic rings. The summed E-state index contributed by atoms with van der Waals surface area (Å²) in [4.78, 5) is 37.8. The van der Waals surface area contributed by atoms with Crippen molar-refractivity contribution in [2.75, 3.05) is 20.2 Å². The van der Waals surface area contributed by atoms with E-state index in [1.807, 2.05) is 18.2 Å². The van der Waals surface area contributed by atoms with Crippen LogP contribution in [-0.2, 0) is 9.53 Å². The predicted octanol–water partition coefficient (Wildman–Crippen LogP) is 2.49. The molecule has 0 saturated carbocycles. The molecule has 0 bridgehead atoms. The molecule has 1 aliphatic rings. The SMILES string of the molecule is COC(=O)c1ccccc1-c1cccc(C(=O)N2CC[C@H](NC(C)=O)C2)c1. The largest absolute Gasteiger partial charge is 0.465 e. The Morgan fingerprint density at radius 3 is 2.63 bits per heavy atom. The Hall–Kier alpha value is -3.15. The molecule has 6 nitrogen and oxygen atoms in total. The number of carbonyl (C=O) groups excluding carboxylic acids is 3. The van der Waals surface area contributed by atoms with Crippen molar-refractivity contribution in [2.24, 2.45) is 0 Å². The summed E-state index contributed by atoms with van der Waals surface area (Å²) in [6, 6.07) is 14.4. The van der Waals surface area contributed by atoms with Crippen LogP contribution in [0.5, 0.6) is 0 Å². The summed E-state index contributed by atoms with van der Waals surface area (Å²) < 4.78 is 4.85. The lowest BCUT2D eigenvalue weighted by molar-refractivity contribution is -0.119. The fraction of sp³-hybridized carbons (Fsp3) is 0.286. The Balaban J connectivity index is 1.84. The molecule has 0 aliphatic carbocycles. The Morgan fingerprint density at radius 1 is 1.11 bits per heavy atom. The van der Waals surface area contributed by atoms with Crippen LogP contribution in [0.3, 0.4) is 0 Å². The molecule has 1 fully saturated rings. The summed E-state index contributed by atoms with van der Waals surface area (Å²) in [6.45, 7) is 2.58. The molecule has 1 heterocycles. The number of rotatable bonds is 4. The molecule has 6 heteroatoms. The van der Waals surface area contributed by atoms with Crippen LogP contribution >= 0.6 is 0 Å². The van der Waals surface area contributed by atoms with Crippen molar-refractivity contribution in [3.8, 4) is 11.1 Å². The normalized spacial score (nSPS) is 16.1. The van der Waals surface area contributed by atoms with E-state index in [0.717, 1.165) is 17.5 Å². The lowest BCUT2D eigenvalue weighted by Crippen LogP contribution is -2.37. The number of carbonyl (C=O) groups is 3. The first-order valence-electron chi connectivity index (χ1n) is 8.83. The van der Waals surface area contributed by atoms with Gasteiger partial charge in [-0.25, -0.2) is 4.79 Å². The van der Waals surface area contributed by atoms with E-state index in [4.69, 9.17) is 4.74 Å². The van der Waals surface area contributed by atoms with Crippen LogP contribution in [0.2, 0.25) is 0 Å². The highest BCUT2D eigenvalue weighted by Gasteiger charge is 2.27. The van der Waals surface area contributed by atoms with Gasteiger partial charge in [0.1, 0.15) is 0 Å². The van der Waals surface area contributed by atoms with Gasteiger partial charge in [-0.15, -0.1) is 0 Å². The van der Waals surface area contributed by atoms with E-state index in [1.165, 1.54) is 14.0 Å². The van der Waals surface area contributed by atoms with Crippen molar-refractivity contribution < 1.29 is 19.1 Å². The van der Waals surface area contributed by atoms with Crippen LogP contribution < -0.4 is 5.32 Å². The third-order valence-electron chi connectivity index (χ3n) is 4.64. The quantitative estimate of drug-likeness (QED) is 0.844. The van der Waals surface area contributed by atoms with Crippen molar-refractivity contribution in [2.45, 2.75) is 19.4 Å². The Morgan fingerprint density at radius 2 is 1.89 bits per heavy atom. The average molecular weight is 366 g/mol. The first-order valence-corrected chi connectivity index (χ1v) is 8.83. The second-order valence-corrected chi connectivity index (χ2v) is 6.56. The highest BCUT2D eigenvalue weighted by Crippen LogP contribution is 2.26. The number of ether oxygens (including phenoxy) is 1. The molecule has 1 atom stereocenters. The van der Waals surface area contributed by atoms with Crippen LogP contribution in [0.1, 0.15) is 34.1 Å². The van der Waals surface area contributed by atoms with Crippen LogP contribution in [0.15, 0.2) is 48.5 Å². The first kappa shape index (κ1) is 18.6. The van der Waals surface area contributed by atoms with Crippen molar-refractivity contribution in [1.82, 2.24) is 10.2 Å². The number of hydrogen-bond acceptors (Lipinski definition) is 4. The zero-order valence-electron chi connectivity index (χ0n) is 15.4. The second kappa shape index (κ2) is 8.03. The summed E-state index contributed by atoms with van der Waals surface area (Å²) in [7, 11) is 1.35. The van der Waals surface area contributed by atoms with Gasteiger partial charge in [0.25, 0.3) is 5.91 Å². The summed E-state index contributed by atoms with van der Waals surface area (Å²) in [5.41, 5.74) is 2.50. The Labute approximate surface area is 158 Å². The third-order valence-corrected chi connectivity index (χ3v) is 4.64. The minimum absolute atomic E-state index is 0.00492. The Bertz CT molecular complexity index is 878. The molecule has 1 aliphatic heterocycles. The second-order valence-electron chi connectivity index (χ2n) is 6.56. The van der Waals surface area contributed by atoms with E-state index < -0.39 is 5.97 Å². The van der Waals surface area contributed by atoms with Gasteiger partial charge in [0, 0.05) is 31.6 Å².